The molecule has 2 rings (SSSR count). The molecule has 0 amide bonds. The first kappa shape index (κ1) is 10.6. The van der Waals surface area contributed by atoms with E-state index in [9.17, 15) is 4.39 Å². The lowest BCUT2D eigenvalue weighted by molar-refractivity contribution is 0.440. The summed E-state index contributed by atoms with van der Waals surface area (Å²) in [6.07, 6.45) is 2.08. The lowest BCUT2D eigenvalue weighted by Crippen LogP contribution is -2.23. The van der Waals surface area contributed by atoms with E-state index in [1.807, 2.05) is 12.1 Å². The Bertz CT molecular complexity index is 389. The summed E-state index contributed by atoms with van der Waals surface area (Å²) in [7, 11) is 0. The second-order valence-electron chi connectivity index (χ2n) is 3.97. The van der Waals surface area contributed by atoms with Gasteiger partial charge < -0.3 is 4.90 Å². The van der Waals surface area contributed by atoms with Gasteiger partial charge in [0.15, 0.2) is 0 Å². The van der Waals surface area contributed by atoms with Crippen molar-refractivity contribution < 1.29 is 4.39 Å². The van der Waals surface area contributed by atoms with Gasteiger partial charge in [0.2, 0.25) is 0 Å². The van der Waals surface area contributed by atoms with Gasteiger partial charge in [0, 0.05) is 18.7 Å². The maximum absolute atomic E-state index is 13.7. The van der Waals surface area contributed by atoms with Crippen molar-refractivity contribution in [2.24, 2.45) is 0 Å². The normalized spacial score (nSPS) is 16.1. The van der Waals surface area contributed by atoms with Gasteiger partial charge in [-0.1, -0.05) is 30.4 Å². The van der Waals surface area contributed by atoms with E-state index in [1.165, 1.54) is 0 Å². The number of hydrogen-bond acceptors (Lipinski definition) is 1. The molecule has 0 atom stereocenters. The Morgan fingerprint density at radius 2 is 2.27 bits per heavy atom. The Hall–Kier alpha value is -0.960. The van der Waals surface area contributed by atoms with Crippen LogP contribution in [0.2, 0.25) is 0 Å². The fraction of sp³-hybridized carbons (Fsp3) is 0.417. The summed E-state index contributed by atoms with van der Waals surface area (Å²) in [5.74, 6) is -0.0906. The van der Waals surface area contributed by atoms with Crippen LogP contribution in [0.4, 0.5) is 4.39 Å². The van der Waals surface area contributed by atoms with Crippen LogP contribution in [-0.4, -0.2) is 16.4 Å². The SMILES string of the molecule is Cc1cccc(CN2CCCC2=S)c1F. The average molecular weight is 223 g/mol. The van der Waals surface area contributed by atoms with Crippen molar-refractivity contribution in [1.29, 1.82) is 0 Å². The molecule has 0 saturated carbocycles. The monoisotopic (exact) mass is 223 g/mol. The van der Waals surface area contributed by atoms with Crippen LogP contribution in [0.3, 0.4) is 0 Å². The number of rotatable bonds is 2. The second kappa shape index (κ2) is 4.27. The lowest BCUT2D eigenvalue weighted by atomic mass is 10.1. The highest BCUT2D eigenvalue weighted by Gasteiger charge is 2.18. The standard InChI is InChI=1S/C12H14FNS/c1-9-4-2-5-10(12(9)13)8-14-7-3-6-11(14)15/h2,4-5H,3,6-8H2,1H3. The predicted molar refractivity (Wildman–Crippen MR) is 63.4 cm³/mol. The van der Waals surface area contributed by atoms with Gasteiger partial charge in [-0.15, -0.1) is 0 Å². The molecule has 0 aliphatic carbocycles. The number of benzene rings is 1. The van der Waals surface area contributed by atoms with Crippen LogP contribution in [-0.2, 0) is 6.54 Å². The predicted octanol–water partition coefficient (Wildman–Crippen LogP) is 3.06. The highest BCUT2D eigenvalue weighted by molar-refractivity contribution is 7.80. The smallest absolute Gasteiger partial charge is 0.131 e. The zero-order valence-electron chi connectivity index (χ0n) is 8.79. The van der Waals surface area contributed by atoms with Crippen molar-refractivity contribution >= 4 is 17.2 Å². The van der Waals surface area contributed by atoms with Crippen molar-refractivity contribution in [3.63, 3.8) is 0 Å². The number of nitrogens with zero attached hydrogens (tertiary/aromatic N) is 1. The molecule has 3 heteroatoms. The lowest BCUT2D eigenvalue weighted by Gasteiger charge is -2.18. The van der Waals surface area contributed by atoms with Crippen LogP contribution in [0.15, 0.2) is 18.2 Å². The van der Waals surface area contributed by atoms with Gasteiger partial charge in [-0.05, 0) is 25.3 Å². The maximum Gasteiger partial charge on any atom is 0.131 e. The fourth-order valence-electron chi connectivity index (χ4n) is 1.91. The van der Waals surface area contributed by atoms with Crippen LogP contribution in [0.25, 0.3) is 0 Å². The molecule has 0 unspecified atom stereocenters. The molecule has 15 heavy (non-hydrogen) atoms. The van der Waals surface area contributed by atoms with Gasteiger partial charge in [-0.3, -0.25) is 0 Å². The first-order chi connectivity index (χ1) is 7.18. The van der Waals surface area contributed by atoms with Crippen molar-refractivity contribution in [3.05, 3.63) is 35.1 Å². The molecule has 1 aromatic carbocycles. The van der Waals surface area contributed by atoms with Crippen LogP contribution >= 0.6 is 12.2 Å². The molecule has 1 heterocycles. The van der Waals surface area contributed by atoms with Crippen molar-refractivity contribution in [1.82, 2.24) is 4.90 Å². The number of likely N-dealkylation sites (tertiary alicyclic amines) is 1. The van der Waals surface area contributed by atoms with E-state index in [4.69, 9.17) is 12.2 Å². The van der Waals surface area contributed by atoms with Crippen LogP contribution < -0.4 is 0 Å². The van der Waals surface area contributed by atoms with Crippen molar-refractivity contribution in [2.75, 3.05) is 6.54 Å². The molecule has 80 valence electrons. The summed E-state index contributed by atoms with van der Waals surface area (Å²) in [6, 6.07) is 5.53. The highest BCUT2D eigenvalue weighted by Crippen LogP contribution is 2.18. The zero-order chi connectivity index (χ0) is 10.8. The number of halogens is 1. The Balaban J connectivity index is 2.17. The minimum Gasteiger partial charge on any atom is -0.362 e. The second-order valence-corrected chi connectivity index (χ2v) is 4.44. The Labute approximate surface area is 94.9 Å². The number of thiocarbonyl (C=S) groups is 1. The van der Waals surface area contributed by atoms with E-state index in [0.29, 0.717) is 12.1 Å². The molecule has 1 aromatic rings. The molecule has 1 aliphatic heterocycles. The van der Waals surface area contributed by atoms with E-state index in [1.54, 1.807) is 13.0 Å². The first-order valence-electron chi connectivity index (χ1n) is 5.20. The van der Waals surface area contributed by atoms with Crippen LogP contribution in [0, 0.1) is 12.7 Å². The zero-order valence-corrected chi connectivity index (χ0v) is 9.61. The molecular weight excluding hydrogens is 209 g/mol. The molecule has 0 N–H and O–H groups in total. The van der Waals surface area contributed by atoms with Gasteiger partial charge in [-0.25, -0.2) is 4.39 Å². The number of aryl methyl sites for hydroxylation is 1. The molecule has 0 radical (unpaired) electrons. The maximum atomic E-state index is 13.7. The minimum absolute atomic E-state index is 0.0906. The summed E-state index contributed by atoms with van der Waals surface area (Å²) in [5, 5.41) is 0. The third kappa shape index (κ3) is 2.17. The van der Waals surface area contributed by atoms with E-state index in [2.05, 4.69) is 4.90 Å². The Kier molecular flexibility index (Phi) is 3.00. The van der Waals surface area contributed by atoms with Gasteiger partial charge in [-0.2, -0.15) is 0 Å². The van der Waals surface area contributed by atoms with Crippen molar-refractivity contribution in [2.45, 2.75) is 26.3 Å². The molecular formula is C12H14FNS. The summed E-state index contributed by atoms with van der Waals surface area (Å²) >= 11 is 5.22. The van der Waals surface area contributed by atoms with E-state index in [-0.39, 0.29) is 5.82 Å². The molecule has 1 fully saturated rings. The summed E-state index contributed by atoms with van der Waals surface area (Å²) in [5.41, 5.74) is 1.46. The van der Waals surface area contributed by atoms with E-state index >= 15 is 0 Å². The van der Waals surface area contributed by atoms with Crippen molar-refractivity contribution in [3.8, 4) is 0 Å². The third-order valence-corrected chi connectivity index (χ3v) is 3.27. The molecule has 1 aliphatic rings. The molecule has 0 bridgehead atoms. The van der Waals surface area contributed by atoms with Crippen LogP contribution in [0.5, 0.6) is 0 Å². The number of hydrogen-bond donors (Lipinski definition) is 0. The van der Waals surface area contributed by atoms with Gasteiger partial charge in [0.05, 0.1) is 4.99 Å². The fourth-order valence-corrected chi connectivity index (χ4v) is 2.21. The first-order valence-corrected chi connectivity index (χ1v) is 5.61. The molecule has 0 aromatic heterocycles. The topological polar surface area (TPSA) is 3.24 Å². The Morgan fingerprint density at radius 3 is 2.93 bits per heavy atom. The van der Waals surface area contributed by atoms with Gasteiger partial charge in [0.25, 0.3) is 0 Å². The summed E-state index contributed by atoms with van der Waals surface area (Å²) < 4.78 is 13.7. The summed E-state index contributed by atoms with van der Waals surface area (Å²) in [4.78, 5) is 3.06. The largest absolute Gasteiger partial charge is 0.362 e. The summed E-state index contributed by atoms with van der Waals surface area (Å²) in [6.45, 7) is 3.37. The molecule has 0 spiro atoms. The van der Waals surface area contributed by atoms with Crippen LogP contribution in [0.1, 0.15) is 24.0 Å². The highest BCUT2D eigenvalue weighted by atomic mass is 32.1. The van der Waals surface area contributed by atoms with E-state index in [0.717, 1.165) is 29.9 Å². The minimum atomic E-state index is -0.0906. The Morgan fingerprint density at radius 1 is 1.47 bits per heavy atom. The van der Waals surface area contributed by atoms with E-state index < -0.39 is 0 Å². The third-order valence-electron chi connectivity index (χ3n) is 2.80. The quantitative estimate of drug-likeness (QED) is 0.709. The van der Waals surface area contributed by atoms with Gasteiger partial charge in [0.1, 0.15) is 5.82 Å². The van der Waals surface area contributed by atoms with Gasteiger partial charge >= 0.3 is 0 Å². The molecule has 1 saturated heterocycles. The average Bonchev–Trinajstić information content (AvgIpc) is 2.60. The molecule has 1 nitrogen and oxygen atoms in total.